The van der Waals surface area contributed by atoms with Gasteiger partial charge in [-0.05, 0) is 37.3 Å². The minimum Gasteiger partial charge on any atom is -0.309 e. The molecule has 0 amide bonds. The highest BCUT2D eigenvalue weighted by molar-refractivity contribution is 7.16. The fraction of sp³-hybridized carbons (Fsp3) is 0.583. The molecule has 0 saturated heterocycles. The van der Waals surface area contributed by atoms with Crippen molar-refractivity contribution in [1.29, 1.82) is 5.26 Å². The maximum absolute atomic E-state index is 8.73. The van der Waals surface area contributed by atoms with Crippen LogP contribution in [0.15, 0.2) is 12.1 Å². The van der Waals surface area contributed by atoms with Gasteiger partial charge < -0.3 is 5.32 Å². The zero-order valence-corrected chi connectivity index (χ0v) is 10.9. The van der Waals surface area contributed by atoms with E-state index in [-0.39, 0.29) is 5.41 Å². The van der Waals surface area contributed by atoms with Crippen molar-refractivity contribution in [3.63, 3.8) is 0 Å². The smallest absolute Gasteiger partial charge is 0.0931 e. The topological polar surface area (TPSA) is 35.8 Å². The SMILES string of the molecule is CC(NCC1(CC#N)CC1)c1ccc(Cl)s1. The molecule has 1 N–H and O–H groups in total. The molecule has 1 aliphatic rings. The number of thiophene rings is 1. The molecule has 1 heterocycles. The van der Waals surface area contributed by atoms with Crippen molar-refractivity contribution in [2.24, 2.45) is 5.41 Å². The van der Waals surface area contributed by atoms with E-state index in [2.05, 4.69) is 24.4 Å². The van der Waals surface area contributed by atoms with Gasteiger partial charge in [-0.25, -0.2) is 0 Å². The summed E-state index contributed by atoms with van der Waals surface area (Å²) in [5.74, 6) is 0. The summed E-state index contributed by atoms with van der Waals surface area (Å²) < 4.78 is 0.835. The van der Waals surface area contributed by atoms with Crippen LogP contribution in [0.1, 0.15) is 37.1 Å². The summed E-state index contributed by atoms with van der Waals surface area (Å²) in [7, 11) is 0. The van der Waals surface area contributed by atoms with Gasteiger partial charge in [-0.2, -0.15) is 5.26 Å². The van der Waals surface area contributed by atoms with Gasteiger partial charge in [0, 0.05) is 23.9 Å². The summed E-state index contributed by atoms with van der Waals surface area (Å²) in [5, 5.41) is 12.2. The maximum atomic E-state index is 8.73. The molecule has 1 saturated carbocycles. The first-order valence-electron chi connectivity index (χ1n) is 5.51. The van der Waals surface area contributed by atoms with E-state index in [1.165, 1.54) is 17.7 Å². The third kappa shape index (κ3) is 2.76. The molecule has 0 aliphatic heterocycles. The second kappa shape index (κ2) is 4.75. The number of hydrogen-bond acceptors (Lipinski definition) is 3. The lowest BCUT2D eigenvalue weighted by molar-refractivity contribution is 0.435. The van der Waals surface area contributed by atoms with E-state index in [1.807, 2.05) is 6.07 Å². The van der Waals surface area contributed by atoms with Crippen LogP contribution in [-0.2, 0) is 0 Å². The van der Waals surface area contributed by atoms with E-state index >= 15 is 0 Å². The number of nitrogens with zero attached hydrogens (tertiary/aromatic N) is 1. The molecule has 4 heteroatoms. The van der Waals surface area contributed by atoms with Crippen LogP contribution in [0.3, 0.4) is 0 Å². The standard InChI is InChI=1S/C12H15ClN2S/c1-9(10-2-3-11(13)16-10)15-8-12(4-5-12)6-7-14/h2-3,9,15H,4-6,8H2,1H3. The molecular weight excluding hydrogens is 240 g/mol. The van der Waals surface area contributed by atoms with E-state index in [0.717, 1.165) is 10.9 Å². The van der Waals surface area contributed by atoms with Crippen LogP contribution >= 0.6 is 22.9 Å². The predicted octanol–water partition coefficient (Wildman–Crippen LogP) is 3.75. The fourth-order valence-electron chi connectivity index (χ4n) is 1.79. The van der Waals surface area contributed by atoms with Crippen molar-refractivity contribution >= 4 is 22.9 Å². The average molecular weight is 255 g/mol. The molecule has 1 aromatic rings. The van der Waals surface area contributed by atoms with E-state index in [4.69, 9.17) is 16.9 Å². The van der Waals surface area contributed by atoms with Crippen LogP contribution < -0.4 is 5.32 Å². The second-order valence-corrected chi connectivity index (χ2v) is 6.33. The third-order valence-corrected chi connectivity index (χ3v) is 4.63. The van der Waals surface area contributed by atoms with Gasteiger partial charge in [-0.15, -0.1) is 11.3 Å². The highest BCUT2D eigenvalue weighted by Crippen LogP contribution is 2.48. The first-order chi connectivity index (χ1) is 7.65. The Labute approximate surface area is 105 Å². The molecule has 2 rings (SSSR count). The van der Waals surface area contributed by atoms with Crippen LogP contribution in [-0.4, -0.2) is 6.54 Å². The summed E-state index contributed by atoms with van der Waals surface area (Å²) in [4.78, 5) is 1.26. The van der Waals surface area contributed by atoms with Crippen LogP contribution in [0, 0.1) is 16.7 Å². The van der Waals surface area contributed by atoms with Crippen LogP contribution in [0.5, 0.6) is 0 Å². The molecule has 1 atom stereocenters. The van der Waals surface area contributed by atoms with Gasteiger partial charge in [0.1, 0.15) is 0 Å². The molecule has 2 nitrogen and oxygen atoms in total. The maximum Gasteiger partial charge on any atom is 0.0931 e. The number of hydrogen-bond donors (Lipinski definition) is 1. The Morgan fingerprint density at radius 1 is 1.62 bits per heavy atom. The normalized spacial score (nSPS) is 19.1. The Balaban J connectivity index is 1.85. The van der Waals surface area contributed by atoms with Crippen LogP contribution in [0.4, 0.5) is 0 Å². The van der Waals surface area contributed by atoms with E-state index in [0.29, 0.717) is 12.5 Å². The quantitative estimate of drug-likeness (QED) is 0.869. The molecular formula is C12H15ClN2S. The fourth-order valence-corrected chi connectivity index (χ4v) is 2.88. The van der Waals surface area contributed by atoms with Gasteiger partial charge in [0.05, 0.1) is 10.4 Å². The van der Waals surface area contributed by atoms with Gasteiger partial charge in [-0.3, -0.25) is 0 Å². The number of halogens is 1. The lowest BCUT2D eigenvalue weighted by Gasteiger charge is -2.17. The van der Waals surface area contributed by atoms with Gasteiger partial charge in [-0.1, -0.05) is 11.6 Å². The number of rotatable bonds is 5. The number of nitriles is 1. The molecule has 0 spiro atoms. The molecule has 86 valence electrons. The highest BCUT2D eigenvalue weighted by Gasteiger charge is 2.42. The molecule has 16 heavy (non-hydrogen) atoms. The first-order valence-corrected chi connectivity index (χ1v) is 6.70. The Hall–Kier alpha value is -0.560. The summed E-state index contributed by atoms with van der Waals surface area (Å²) in [6.07, 6.45) is 3.05. The van der Waals surface area contributed by atoms with E-state index in [1.54, 1.807) is 11.3 Å². The Bertz CT molecular complexity index is 403. The Morgan fingerprint density at radius 3 is 2.88 bits per heavy atom. The average Bonchev–Trinajstić information content (AvgIpc) is 2.89. The van der Waals surface area contributed by atoms with Crippen molar-refractivity contribution in [3.05, 3.63) is 21.3 Å². The van der Waals surface area contributed by atoms with Crippen molar-refractivity contribution in [1.82, 2.24) is 5.32 Å². The lowest BCUT2D eigenvalue weighted by atomic mass is 10.0. The lowest BCUT2D eigenvalue weighted by Crippen LogP contribution is -2.26. The molecule has 0 aromatic carbocycles. The van der Waals surface area contributed by atoms with Crippen LogP contribution in [0.2, 0.25) is 4.34 Å². The highest BCUT2D eigenvalue weighted by atomic mass is 35.5. The minimum absolute atomic E-state index is 0.268. The van der Waals surface area contributed by atoms with Gasteiger partial charge in [0.15, 0.2) is 0 Å². The number of nitrogens with one attached hydrogen (secondary N) is 1. The summed E-state index contributed by atoms with van der Waals surface area (Å²) >= 11 is 7.52. The van der Waals surface area contributed by atoms with E-state index < -0.39 is 0 Å². The third-order valence-electron chi connectivity index (χ3n) is 3.22. The zero-order chi connectivity index (χ0) is 11.6. The monoisotopic (exact) mass is 254 g/mol. The summed E-state index contributed by atoms with van der Waals surface area (Å²) in [6, 6.07) is 6.60. The van der Waals surface area contributed by atoms with Gasteiger partial charge in [0.25, 0.3) is 0 Å². The second-order valence-electron chi connectivity index (χ2n) is 4.58. The Kier molecular flexibility index (Phi) is 3.53. The molecule has 0 radical (unpaired) electrons. The van der Waals surface area contributed by atoms with Gasteiger partial charge in [0.2, 0.25) is 0 Å². The molecule has 1 aliphatic carbocycles. The van der Waals surface area contributed by atoms with Crippen molar-refractivity contribution in [3.8, 4) is 6.07 Å². The molecule has 1 unspecified atom stereocenters. The van der Waals surface area contributed by atoms with Crippen molar-refractivity contribution in [2.45, 2.75) is 32.2 Å². The minimum atomic E-state index is 0.268. The predicted molar refractivity (Wildman–Crippen MR) is 67.6 cm³/mol. The van der Waals surface area contributed by atoms with Crippen LogP contribution in [0.25, 0.3) is 0 Å². The van der Waals surface area contributed by atoms with Crippen molar-refractivity contribution in [2.75, 3.05) is 6.54 Å². The first kappa shape index (κ1) is 11.9. The van der Waals surface area contributed by atoms with E-state index in [9.17, 15) is 0 Å². The Morgan fingerprint density at radius 2 is 2.38 bits per heavy atom. The molecule has 1 aromatic heterocycles. The summed E-state index contributed by atoms with van der Waals surface area (Å²) in [5.41, 5.74) is 0.268. The molecule has 1 fully saturated rings. The largest absolute Gasteiger partial charge is 0.309 e. The van der Waals surface area contributed by atoms with Crippen molar-refractivity contribution < 1.29 is 0 Å². The summed E-state index contributed by atoms with van der Waals surface area (Å²) in [6.45, 7) is 3.09. The van der Waals surface area contributed by atoms with Gasteiger partial charge >= 0.3 is 0 Å². The zero-order valence-electron chi connectivity index (χ0n) is 9.29. The molecule has 0 bridgehead atoms.